The second-order valence-electron chi connectivity index (χ2n) is 9.80. The van der Waals surface area contributed by atoms with Gasteiger partial charge in [0, 0.05) is 31.2 Å². The first kappa shape index (κ1) is 20.4. The molecule has 0 radical (unpaired) electrons. The van der Waals surface area contributed by atoms with E-state index in [0.717, 1.165) is 62.0 Å². The fraction of sp³-hybridized carbons (Fsp3) is 0.560. The highest BCUT2D eigenvalue weighted by atomic mass is 16.2. The Morgan fingerprint density at radius 2 is 1.94 bits per heavy atom. The van der Waals surface area contributed by atoms with Crippen molar-refractivity contribution >= 4 is 5.91 Å². The molecule has 0 bridgehead atoms. The fourth-order valence-corrected chi connectivity index (χ4v) is 5.27. The number of rotatable bonds is 4. The number of H-pyrrole nitrogens is 1. The molecule has 2 aromatic rings. The average Bonchev–Trinajstić information content (AvgIpc) is 3.42. The Morgan fingerprint density at radius 3 is 2.61 bits per heavy atom. The van der Waals surface area contributed by atoms with E-state index >= 15 is 0 Å². The van der Waals surface area contributed by atoms with E-state index in [1.807, 2.05) is 4.90 Å². The predicted molar refractivity (Wildman–Crippen MR) is 120 cm³/mol. The maximum absolute atomic E-state index is 13.7. The molecule has 5 rings (SSSR count). The maximum Gasteiger partial charge on any atom is 0.254 e. The molecule has 6 heteroatoms. The summed E-state index contributed by atoms with van der Waals surface area (Å²) in [4.78, 5) is 38.9. The van der Waals surface area contributed by atoms with Gasteiger partial charge >= 0.3 is 0 Å². The minimum Gasteiger partial charge on any atom is -0.332 e. The molecule has 0 spiro atoms. The first-order chi connectivity index (χ1) is 14.9. The number of amides is 1. The lowest BCUT2D eigenvalue weighted by molar-refractivity contribution is -0.135. The molecule has 1 saturated heterocycles. The molecular weight excluding hydrogens is 388 g/mol. The summed E-state index contributed by atoms with van der Waals surface area (Å²) in [5, 5.41) is 0. The van der Waals surface area contributed by atoms with Crippen LogP contribution in [0.2, 0.25) is 0 Å². The number of aromatic nitrogens is 2. The topological polar surface area (TPSA) is 69.3 Å². The molecule has 1 aliphatic carbocycles. The Hall–Kier alpha value is -2.47. The van der Waals surface area contributed by atoms with Gasteiger partial charge in [-0.25, -0.2) is 4.98 Å². The van der Waals surface area contributed by atoms with Crippen molar-refractivity contribution in [2.24, 2.45) is 0 Å². The molecule has 1 N–H and O–H groups in total. The Labute approximate surface area is 183 Å². The van der Waals surface area contributed by atoms with Crippen LogP contribution < -0.4 is 5.56 Å². The van der Waals surface area contributed by atoms with Crippen molar-refractivity contribution in [3.05, 3.63) is 62.8 Å². The molecule has 3 heterocycles. The van der Waals surface area contributed by atoms with Crippen LogP contribution in [0.4, 0.5) is 0 Å². The van der Waals surface area contributed by atoms with Crippen LogP contribution in [0, 0.1) is 6.92 Å². The fourth-order valence-electron chi connectivity index (χ4n) is 5.27. The van der Waals surface area contributed by atoms with Crippen LogP contribution in [0.3, 0.4) is 0 Å². The van der Waals surface area contributed by atoms with E-state index in [4.69, 9.17) is 4.98 Å². The number of aryl methyl sites for hydroxylation is 1. The van der Waals surface area contributed by atoms with E-state index < -0.39 is 0 Å². The van der Waals surface area contributed by atoms with Gasteiger partial charge in [-0.1, -0.05) is 29.8 Å². The number of carbonyl (C=O) groups is 1. The number of nitrogens with zero attached hydrogens (tertiary/aromatic N) is 3. The third kappa shape index (κ3) is 3.51. The number of hydrogen-bond acceptors (Lipinski definition) is 4. The zero-order chi connectivity index (χ0) is 21.8. The summed E-state index contributed by atoms with van der Waals surface area (Å²) < 4.78 is 0. The molecule has 2 aliphatic heterocycles. The van der Waals surface area contributed by atoms with Gasteiger partial charge in [0.25, 0.3) is 5.56 Å². The molecule has 1 saturated carbocycles. The Morgan fingerprint density at radius 1 is 1.19 bits per heavy atom. The van der Waals surface area contributed by atoms with Gasteiger partial charge in [0.15, 0.2) is 0 Å². The second kappa shape index (κ2) is 7.59. The number of nitrogens with one attached hydrogen (secondary N) is 1. The molecule has 2 fully saturated rings. The van der Waals surface area contributed by atoms with Gasteiger partial charge in [0.05, 0.1) is 17.2 Å². The molecule has 1 atom stereocenters. The Balaban J connectivity index is 1.44. The van der Waals surface area contributed by atoms with Gasteiger partial charge in [-0.15, -0.1) is 0 Å². The van der Waals surface area contributed by atoms with Gasteiger partial charge in [-0.3, -0.25) is 14.5 Å². The Kier molecular flexibility index (Phi) is 5.00. The van der Waals surface area contributed by atoms with Crippen LogP contribution in [-0.2, 0) is 23.2 Å². The number of carbonyl (C=O) groups excluding carboxylic acids is 1. The number of hydrogen-bond donors (Lipinski definition) is 1. The summed E-state index contributed by atoms with van der Waals surface area (Å²) in [6.45, 7) is 8.75. The first-order valence-electron chi connectivity index (χ1n) is 11.6. The monoisotopic (exact) mass is 420 g/mol. The number of benzene rings is 1. The smallest absolute Gasteiger partial charge is 0.254 e. The third-order valence-electron chi connectivity index (χ3n) is 7.44. The van der Waals surface area contributed by atoms with Crippen LogP contribution in [0.15, 0.2) is 29.1 Å². The van der Waals surface area contributed by atoms with Crippen LogP contribution in [0.5, 0.6) is 0 Å². The standard InChI is InChI=1S/C25H32N4O2/c1-16(2)28-14-10-19-20(15-28)26-22(27-23(19)30)21-5-4-13-29(21)24(31)25(11-12-25)18-8-6-17(3)7-9-18/h6-9,16,21H,4-5,10-15H2,1-3H3,(H,26,27,30)/t21-/m0/s1. The Bertz CT molecular complexity index is 1050. The van der Waals surface area contributed by atoms with Gasteiger partial charge in [0.1, 0.15) is 5.82 Å². The number of aromatic amines is 1. The molecule has 1 aromatic carbocycles. The van der Waals surface area contributed by atoms with Crippen molar-refractivity contribution in [1.82, 2.24) is 19.8 Å². The van der Waals surface area contributed by atoms with E-state index in [1.54, 1.807) is 0 Å². The van der Waals surface area contributed by atoms with Crippen molar-refractivity contribution in [3.8, 4) is 0 Å². The molecule has 31 heavy (non-hydrogen) atoms. The average molecular weight is 421 g/mol. The van der Waals surface area contributed by atoms with E-state index in [-0.39, 0.29) is 22.9 Å². The number of fused-ring (bicyclic) bond motifs is 1. The van der Waals surface area contributed by atoms with Gasteiger partial charge in [-0.05, 0) is 58.4 Å². The van der Waals surface area contributed by atoms with Crippen molar-refractivity contribution in [2.75, 3.05) is 13.1 Å². The summed E-state index contributed by atoms with van der Waals surface area (Å²) in [6, 6.07) is 8.67. The summed E-state index contributed by atoms with van der Waals surface area (Å²) in [5.41, 5.74) is 3.61. The van der Waals surface area contributed by atoms with E-state index in [9.17, 15) is 9.59 Å². The highest BCUT2D eigenvalue weighted by molar-refractivity contribution is 5.91. The second-order valence-corrected chi connectivity index (χ2v) is 9.80. The lowest BCUT2D eigenvalue weighted by atomic mass is 9.93. The molecule has 164 valence electrons. The first-order valence-corrected chi connectivity index (χ1v) is 11.6. The summed E-state index contributed by atoms with van der Waals surface area (Å²) in [6.07, 6.45) is 4.33. The number of likely N-dealkylation sites (tertiary alicyclic amines) is 1. The van der Waals surface area contributed by atoms with Crippen molar-refractivity contribution in [2.45, 2.75) is 76.9 Å². The van der Waals surface area contributed by atoms with E-state index in [2.05, 4.69) is 54.9 Å². The zero-order valence-electron chi connectivity index (χ0n) is 18.8. The van der Waals surface area contributed by atoms with Crippen LogP contribution in [0.25, 0.3) is 0 Å². The van der Waals surface area contributed by atoms with Crippen molar-refractivity contribution in [1.29, 1.82) is 0 Å². The maximum atomic E-state index is 13.7. The predicted octanol–water partition coefficient (Wildman–Crippen LogP) is 3.24. The van der Waals surface area contributed by atoms with Gasteiger partial charge in [0.2, 0.25) is 5.91 Å². The summed E-state index contributed by atoms with van der Waals surface area (Å²) in [5.74, 6) is 0.864. The summed E-state index contributed by atoms with van der Waals surface area (Å²) in [7, 11) is 0. The highest BCUT2D eigenvalue weighted by Gasteiger charge is 2.54. The molecule has 3 aliphatic rings. The quantitative estimate of drug-likeness (QED) is 0.824. The molecule has 1 aromatic heterocycles. The van der Waals surface area contributed by atoms with Crippen molar-refractivity contribution in [3.63, 3.8) is 0 Å². The normalized spacial score (nSPS) is 22.6. The highest BCUT2D eigenvalue weighted by Crippen LogP contribution is 2.51. The van der Waals surface area contributed by atoms with E-state index in [1.165, 1.54) is 5.56 Å². The zero-order valence-corrected chi connectivity index (χ0v) is 18.8. The van der Waals surface area contributed by atoms with E-state index in [0.29, 0.717) is 18.4 Å². The molecule has 1 amide bonds. The molecule has 0 unspecified atom stereocenters. The van der Waals surface area contributed by atoms with Gasteiger partial charge < -0.3 is 9.88 Å². The molecule has 6 nitrogen and oxygen atoms in total. The molecular formula is C25H32N4O2. The van der Waals surface area contributed by atoms with Crippen LogP contribution in [0.1, 0.15) is 73.8 Å². The third-order valence-corrected chi connectivity index (χ3v) is 7.44. The minimum atomic E-state index is -0.390. The largest absolute Gasteiger partial charge is 0.332 e. The van der Waals surface area contributed by atoms with Gasteiger partial charge in [-0.2, -0.15) is 0 Å². The van der Waals surface area contributed by atoms with Crippen molar-refractivity contribution < 1.29 is 4.79 Å². The summed E-state index contributed by atoms with van der Waals surface area (Å²) >= 11 is 0. The van der Waals surface area contributed by atoms with Crippen LogP contribution in [-0.4, -0.2) is 44.8 Å². The lowest BCUT2D eigenvalue weighted by Gasteiger charge is -2.32. The SMILES string of the molecule is Cc1ccc(C2(C(=O)N3CCC[C@H]3c3nc4c(c(=O)[nH]3)CCN(C(C)C)C4)CC2)cc1. The lowest BCUT2D eigenvalue weighted by Crippen LogP contribution is -2.42. The minimum absolute atomic E-state index is 0.0256. The van der Waals surface area contributed by atoms with Crippen LogP contribution >= 0.6 is 0 Å².